The summed E-state index contributed by atoms with van der Waals surface area (Å²) in [5.41, 5.74) is -0.0746. The van der Waals surface area contributed by atoms with Gasteiger partial charge in [-0.05, 0) is 19.1 Å². The standard InChI is InChI=1S/C12H19N5O2S/c1-13-12-14-7-9(17(18)19)11(16-12)15-8-5-3-4-6-10(8)20-2/h7-8,10H,3-6H2,1-2H3,(H2,13,14,15,16). The van der Waals surface area contributed by atoms with Crippen molar-refractivity contribution in [3.8, 4) is 0 Å². The highest BCUT2D eigenvalue weighted by Gasteiger charge is 2.27. The molecule has 1 aliphatic rings. The third kappa shape index (κ3) is 3.30. The Labute approximate surface area is 122 Å². The number of rotatable bonds is 5. The van der Waals surface area contributed by atoms with Crippen LogP contribution in [-0.4, -0.2) is 39.5 Å². The highest BCUT2D eigenvalue weighted by molar-refractivity contribution is 7.99. The van der Waals surface area contributed by atoms with Crippen LogP contribution in [0.25, 0.3) is 0 Å². The van der Waals surface area contributed by atoms with Crippen LogP contribution in [-0.2, 0) is 0 Å². The number of thioether (sulfide) groups is 1. The molecule has 1 fully saturated rings. The van der Waals surface area contributed by atoms with Gasteiger partial charge in [-0.3, -0.25) is 10.1 Å². The maximum absolute atomic E-state index is 11.1. The summed E-state index contributed by atoms with van der Waals surface area (Å²) >= 11 is 1.81. The van der Waals surface area contributed by atoms with Crippen LogP contribution in [0.3, 0.4) is 0 Å². The van der Waals surface area contributed by atoms with Crippen molar-refractivity contribution in [1.29, 1.82) is 0 Å². The number of anilines is 2. The lowest BCUT2D eigenvalue weighted by molar-refractivity contribution is -0.384. The van der Waals surface area contributed by atoms with Gasteiger partial charge in [-0.1, -0.05) is 12.8 Å². The zero-order valence-electron chi connectivity index (χ0n) is 11.6. The molecule has 0 bridgehead atoms. The molecule has 2 rings (SSSR count). The number of nitro groups is 1. The summed E-state index contributed by atoms with van der Waals surface area (Å²) in [6.07, 6.45) is 7.85. The molecule has 0 spiro atoms. The predicted molar refractivity (Wildman–Crippen MR) is 81.4 cm³/mol. The molecule has 1 aromatic heterocycles. The molecule has 0 aromatic carbocycles. The minimum Gasteiger partial charge on any atom is -0.360 e. The fraction of sp³-hybridized carbons (Fsp3) is 0.667. The normalized spacial score (nSPS) is 22.3. The third-order valence-corrected chi connectivity index (χ3v) is 4.69. The van der Waals surface area contributed by atoms with Gasteiger partial charge in [-0.25, -0.2) is 4.98 Å². The number of aromatic nitrogens is 2. The van der Waals surface area contributed by atoms with Crippen molar-refractivity contribution in [3.63, 3.8) is 0 Å². The fourth-order valence-electron chi connectivity index (χ4n) is 2.46. The van der Waals surface area contributed by atoms with Gasteiger partial charge in [0, 0.05) is 18.3 Å². The lowest BCUT2D eigenvalue weighted by Gasteiger charge is -2.31. The number of nitrogens with zero attached hydrogens (tertiary/aromatic N) is 3. The minimum atomic E-state index is -0.446. The Balaban J connectivity index is 2.23. The van der Waals surface area contributed by atoms with Crippen LogP contribution < -0.4 is 10.6 Å². The fourth-order valence-corrected chi connectivity index (χ4v) is 3.39. The van der Waals surface area contributed by atoms with Crippen LogP contribution >= 0.6 is 11.8 Å². The van der Waals surface area contributed by atoms with Gasteiger partial charge in [0.25, 0.3) is 0 Å². The molecule has 2 atom stereocenters. The van der Waals surface area contributed by atoms with E-state index in [1.165, 1.54) is 12.6 Å². The summed E-state index contributed by atoms with van der Waals surface area (Å²) in [6, 6.07) is 0.219. The maximum atomic E-state index is 11.1. The van der Waals surface area contributed by atoms with Crippen molar-refractivity contribution in [2.45, 2.75) is 37.0 Å². The summed E-state index contributed by atoms with van der Waals surface area (Å²) in [4.78, 5) is 18.7. The quantitative estimate of drug-likeness (QED) is 0.637. The second-order valence-electron chi connectivity index (χ2n) is 4.74. The molecule has 0 saturated heterocycles. The second kappa shape index (κ2) is 6.74. The van der Waals surface area contributed by atoms with Crippen molar-refractivity contribution in [3.05, 3.63) is 16.3 Å². The molecule has 1 aromatic rings. The van der Waals surface area contributed by atoms with Crippen molar-refractivity contribution in [2.75, 3.05) is 23.9 Å². The first-order valence-electron chi connectivity index (χ1n) is 6.64. The molecule has 1 saturated carbocycles. The monoisotopic (exact) mass is 297 g/mol. The first-order valence-corrected chi connectivity index (χ1v) is 7.93. The van der Waals surface area contributed by atoms with Gasteiger partial charge >= 0.3 is 5.69 Å². The summed E-state index contributed by atoms with van der Waals surface area (Å²) in [7, 11) is 1.69. The van der Waals surface area contributed by atoms with E-state index in [1.54, 1.807) is 18.8 Å². The molecule has 8 heteroatoms. The van der Waals surface area contributed by atoms with Gasteiger partial charge < -0.3 is 10.6 Å². The molecule has 1 aliphatic carbocycles. The third-order valence-electron chi connectivity index (χ3n) is 3.52. The Hall–Kier alpha value is -1.57. The van der Waals surface area contributed by atoms with Gasteiger partial charge in [0.2, 0.25) is 11.8 Å². The van der Waals surface area contributed by atoms with Crippen LogP contribution in [0.1, 0.15) is 25.7 Å². The van der Waals surface area contributed by atoms with Gasteiger partial charge in [0.15, 0.2) is 0 Å². The van der Waals surface area contributed by atoms with E-state index in [0.29, 0.717) is 17.0 Å². The molecule has 110 valence electrons. The Morgan fingerprint density at radius 1 is 1.45 bits per heavy atom. The molecule has 2 unspecified atom stereocenters. The van der Waals surface area contributed by atoms with E-state index in [9.17, 15) is 10.1 Å². The topological polar surface area (TPSA) is 93.0 Å². The summed E-state index contributed by atoms with van der Waals surface area (Å²) < 4.78 is 0. The first-order chi connectivity index (χ1) is 9.65. The molecule has 20 heavy (non-hydrogen) atoms. The Morgan fingerprint density at radius 2 is 2.20 bits per heavy atom. The summed E-state index contributed by atoms with van der Waals surface area (Å²) in [5, 5.41) is 17.6. The highest BCUT2D eigenvalue weighted by Crippen LogP contribution is 2.31. The lowest BCUT2D eigenvalue weighted by Crippen LogP contribution is -2.34. The smallest absolute Gasteiger partial charge is 0.329 e. The van der Waals surface area contributed by atoms with Gasteiger partial charge in [-0.2, -0.15) is 16.7 Å². The van der Waals surface area contributed by atoms with Gasteiger partial charge in [0.1, 0.15) is 6.20 Å². The Morgan fingerprint density at radius 3 is 2.85 bits per heavy atom. The first kappa shape index (κ1) is 14.8. The number of hydrogen-bond donors (Lipinski definition) is 2. The average Bonchev–Trinajstić information content (AvgIpc) is 2.47. The van der Waals surface area contributed by atoms with Crippen LogP contribution in [0, 0.1) is 10.1 Å². The Kier molecular flexibility index (Phi) is 4.99. The van der Waals surface area contributed by atoms with E-state index < -0.39 is 4.92 Å². The lowest BCUT2D eigenvalue weighted by atomic mass is 9.95. The Bertz CT molecular complexity index is 485. The zero-order chi connectivity index (χ0) is 14.5. The van der Waals surface area contributed by atoms with Crippen molar-refractivity contribution >= 4 is 29.2 Å². The summed E-state index contributed by atoms with van der Waals surface area (Å²) in [6.45, 7) is 0. The van der Waals surface area contributed by atoms with Crippen LogP contribution in [0.4, 0.5) is 17.5 Å². The molecule has 0 amide bonds. The molecular weight excluding hydrogens is 278 g/mol. The van der Waals surface area contributed by atoms with E-state index in [4.69, 9.17) is 0 Å². The van der Waals surface area contributed by atoms with Crippen molar-refractivity contribution in [2.24, 2.45) is 0 Å². The highest BCUT2D eigenvalue weighted by atomic mass is 32.2. The minimum absolute atomic E-state index is 0.0746. The molecule has 0 radical (unpaired) electrons. The molecule has 0 aliphatic heterocycles. The van der Waals surface area contributed by atoms with Crippen LogP contribution in [0.15, 0.2) is 6.20 Å². The zero-order valence-corrected chi connectivity index (χ0v) is 12.4. The molecule has 2 N–H and O–H groups in total. The molecule has 7 nitrogen and oxygen atoms in total. The van der Waals surface area contributed by atoms with E-state index in [1.807, 2.05) is 0 Å². The van der Waals surface area contributed by atoms with Crippen molar-refractivity contribution in [1.82, 2.24) is 9.97 Å². The van der Waals surface area contributed by atoms with E-state index in [-0.39, 0.29) is 11.7 Å². The van der Waals surface area contributed by atoms with Crippen LogP contribution in [0.2, 0.25) is 0 Å². The van der Waals surface area contributed by atoms with E-state index in [2.05, 4.69) is 26.9 Å². The molecular formula is C12H19N5O2S. The second-order valence-corrected chi connectivity index (χ2v) is 5.82. The maximum Gasteiger partial charge on any atom is 0.329 e. The van der Waals surface area contributed by atoms with E-state index in [0.717, 1.165) is 19.3 Å². The largest absolute Gasteiger partial charge is 0.360 e. The van der Waals surface area contributed by atoms with Crippen molar-refractivity contribution < 1.29 is 4.92 Å². The average molecular weight is 297 g/mol. The predicted octanol–water partition coefficient (Wildman–Crippen LogP) is 2.51. The van der Waals surface area contributed by atoms with Crippen LogP contribution in [0.5, 0.6) is 0 Å². The number of hydrogen-bond acceptors (Lipinski definition) is 7. The van der Waals surface area contributed by atoms with Gasteiger partial charge in [0.05, 0.1) is 4.92 Å². The SMILES string of the molecule is CNc1ncc([N+](=O)[O-])c(NC2CCCCC2SC)n1. The molecule has 1 heterocycles. The van der Waals surface area contributed by atoms with E-state index >= 15 is 0 Å². The van der Waals surface area contributed by atoms with Gasteiger partial charge in [-0.15, -0.1) is 0 Å². The summed E-state index contributed by atoms with van der Waals surface area (Å²) in [5.74, 6) is 0.690. The number of nitrogens with one attached hydrogen (secondary N) is 2.